The van der Waals surface area contributed by atoms with Gasteiger partial charge in [0.05, 0.1) is 18.4 Å². The largest absolute Gasteiger partial charge is 0.472 e. The monoisotopic (exact) mass is 262 g/mol. The van der Waals surface area contributed by atoms with E-state index in [0.29, 0.717) is 18.7 Å². The summed E-state index contributed by atoms with van der Waals surface area (Å²) in [6.45, 7) is 0.174. The van der Waals surface area contributed by atoms with Crippen molar-refractivity contribution < 1.29 is 22.4 Å². The smallest absolute Gasteiger partial charge is 0.401 e. The molecule has 1 aliphatic heterocycles. The van der Waals surface area contributed by atoms with Gasteiger partial charge in [0.1, 0.15) is 6.26 Å². The molecule has 0 unspecified atom stereocenters. The van der Waals surface area contributed by atoms with Crippen molar-refractivity contribution in [3.8, 4) is 0 Å². The summed E-state index contributed by atoms with van der Waals surface area (Å²) < 4.78 is 41.4. The van der Waals surface area contributed by atoms with Gasteiger partial charge >= 0.3 is 6.18 Å². The molecule has 4 nitrogen and oxygen atoms in total. The maximum Gasteiger partial charge on any atom is 0.401 e. The molecule has 100 valence electrons. The Hall–Kier alpha value is -1.50. The second-order valence-corrected chi connectivity index (χ2v) is 4.20. The molecule has 2 heterocycles. The first kappa shape index (κ1) is 12.9. The number of furan rings is 1. The van der Waals surface area contributed by atoms with E-state index >= 15 is 0 Å². The van der Waals surface area contributed by atoms with Crippen molar-refractivity contribution in [2.24, 2.45) is 0 Å². The van der Waals surface area contributed by atoms with Gasteiger partial charge in [-0.3, -0.25) is 9.69 Å². The Balaban J connectivity index is 1.85. The van der Waals surface area contributed by atoms with Crippen LogP contribution in [0.1, 0.15) is 10.4 Å². The fourth-order valence-corrected chi connectivity index (χ4v) is 1.93. The second-order valence-electron chi connectivity index (χ2n) is 4.20. The highest BCUT2D eigenvalue weighted by atomic mass is 19.4. The molecule has 0 atom stereocenters. The summed E-state index contributed by atoms with van der Waals surface area (Å²) in [5.74, 6) is -0.199. The number of piperazine rings is 1. The normalized spacial score (nSPS) is 18.1. The highest BCUT2D eigenvalue weighted by Crippen LogP contribution is 2.18. The molecule has 2 rings (SSSR count). The number of rotatable bonds is 2. The maximum absolute atomic E-state index is 12.2. The van der Waals surface area contributed by atoms with E-state index in [1.807, 2.05) is 0 Å². The van der Waals surface area contributed by atoms with Gasteiger partial charge in [0.25, 0.3) is 5.91 Å². The number of alkyl halides is 3. The highest BCUT2D eigenvalue weighted by molar-refractivity contribution is 5.93. The van der Waals surface area contributed by atoms with Crippen LogP contribution in [0.5, 0.6) is 0 Å². The molecule has 7 heteroatoms. The topological polar surface area (TPSA) is 36.7 Å². The van der Waals surface area contributed by atoms with Crippen molar-refractivity contribution in [2.75, 3.05) is 32.7 Å². The minimum absolute atomic E-state index is 0.199. The van der Waals surface area contributed by atoms with Crippen LogP contribution < -0.4 is 0 Å². The molecule has 0 aliphatic carbocycles. The van der Waals surface area contributed by atoms with Gasteiger partial charge in [-0.15, -0.1) is 0 Å². The molecule has 1 amide bonds. The average Bonchev–Trinajstić information content (AvgIpc) is 2.80. The predicted octanol–water partition coefficient (Wildman–Crippen LogP) is 1.60. The Morgan fingerprint density at radius 2 is 1.94 bits per heavy atom. The third kappa shape index (κ3) is 3.25. The third-order valence-corrected chi connectivity index (χ3v) is 2.83. The highest BCUT2D eigenvalue weighted by Gasteiger charge is 2.33. The first-order valence-corrected chi connectivity index (χ1v) is 5.56. The first-order chi connectivity index (χ1) is 8.46. The Bertz CT molecular complexity index is 395. The molecular weight excluding hydrogens is 249 g/mol. The van der Waals surface area contributed by atoms with Crippen LogP contribution in [0.3, 0.4) is 0 Å². The summed E-state index contributed by atoms with van der Waals surface area (Å²) in [5.41, 5.74) is 0.430. The van der Waals surface area contributed by atoms with Crippen LogP contribution in [0.2, 0.25) is 0 Å². The van der Waals surface area contributed by atoms with Crippen molar-refractivity contribution in [1.29, 1.82) is 0 Å². The molecular formula is C11H13F3N2O2. The SMILES string of the molecule is O=C(c1ccoc1)N1CCN(CC(F)(F)F)CC1. The number of amides is 1. The molecule has 1 aromatic rings. The third-order valence-electron chi connectivity index (χ3n) is 2.83. The quantitative estimate of drug-likeness (QED) is 0.812. The van der Waals surface area contributed by atoms with Crippen molar-refractivity contribution >= 4 is 5.91 Å². The predicted molar refractivity (Wildman–Crippen MR) is 57.1 cm³/mol. The van der Waals surface area contributed by atoms with Crippen LogP contribution in [0.25, 0.3) is 0 Å². The number of carbonyl (C=O) groups excluding carboxylic acids is 1. The average molecular weight is 262 g/mol. The van der Waals surface area contributed by atoms with E-state index in [-0.39, 0.29) is 19.0 Å². The van der Waals surface area contributed by atoms with Gasteiger partial charge in [0, 0.05) is 26.2 Å². The van der Waals surface area contributed by atoms with Crippen LogP contribution >= 0.6 is 0 Å². The Labute approximate surface area is 102 Å². The van der Waals surface area contributed by atoms with Crippen LogP contribution in [0.4, 0.5) is 13.2 Å². The zero-order valence-corrected chi connectivity index (χ0v) is 9.61. The minimum Gasteiger partial charge on any atom is -0.472 e. The van der Waals surface area contributed by atoms with Gasteiger partial charge in [-0.1, -0.05) is 0 Å². The molecule has 1 aliphatic rings. The molecule has 0 spiro atoms. The van der Waals surface area contributed by atoms with E-state index in [1.54, 1.807) is 6.07 Å². The lowest BCUT2D eigenvalue weighted by Crippen LogP contribution is -2.50. The minimum atomic E-state index is -4.18. The van der Waals surface area contributed by atoms with Gasteiger partial charge in [0.2, 0.25) is 0 Å². The zero-order chi connectivity index (χ0) is 13.2. The van der Waals surface area contributed by atoms with E-state index in [0.717, 1.165) is 0 Å². The van der Waals surface area contributed by atoms with Crippen molar-refractivity contribution in [3.63, 3.8) is 0 Å². The Morgan fingerprint density at radius 3 is 2.44 bits per heavy atom. The molecule has 0 bridgehead atoms. The summed E-state index contributed by atoms with van der Waals surface area (Å²) >= 11 is 0. The molecule has 18 heavy (non-hydrogen) atoms. The lowest BCUT2D eigenvalue weighted by atomic mass is 10.2. The Morgan fingerprint density at radius 1 is 1.28 bits per heavy atom. The van der Waals surface area contributed by atoms with Crippen molar-refractivity contribution in [2.45, 2.75) is 6.18 Å². The molecule has 0 saturated carbocycles. The van der Waals surface area contributed by atoms with Crippen molar-refractivity contribution in [3.05, 3.63) is 24.2 Å². The molecule has 0 radical (unpaired) electrons. The van der Waals surface area contributed by atoms with Crippen LogP contribution in [0.15, 0.2) is 23.0 Å². The molecule has 0 N–H and O–H groups in total. The van der Waals surface area contributed by atoms with Crippen LogP contribution in [-0.2, 0) is 0 Å². The Kier molecular flexibility index (Phi) is 3.60. The van der Waals surface area contributed by atoms with E-state index in [9.17, 15) is 18.0 Å². The molecule has 1 fully saturated rings. The molecule has 1 saturated heterocycles. The summed E-state index contributed by atoms with van der Waals surface area (Å²) in [6, 6.07) is 1.55. The molecule has 1 aromatic heterocycles. The number of carbonyl (C=O) groups is 1. The van der Waals surface area contributed by atoms with Crippen LogP contribution in [-0.4, -0.2) is 54.6 Å². The first-order valence-electron chi connectivity index (χ1n) is 5.56. The van der Waals surface area contributed by atoms with E-state index < -0.39 is 12.7 Å². The van der Waals surface area contributed by atoms with Gasteiger partial charge in [-0.2, -0.15) is 13.2 Å². The maximum atomic E-state index is 12.2. The van der Waals surface area contributed by atoms with Gasteiger partial charge in [0.15, 0.2) is 0 Å². The van der Waals surface area contributed by atoms with E-state index in [2.05, 4.69) is 0 Å². The number of hydrogen-bond donors (Lipinski definition) is 0. The second kappa shape index (κ2) is 5.01. The van der Waals surface area contributed by atoms with Gasteiger partial charge in [-0.05, 0) is 6.07 Å². The number of nitrogens with zero attached hydrogens (tertiary/aromatic N) is 2. The van der Waals surface area contributed by atoms with Crippen LogP contribution in [0, 0.1) is 0 Å². The van der Waals surface area contributed by atoms with Crippen molar-refractivity contribution in [1.82, 2.24) is 9.80 Å². The lowest BCUT2D eigenvalue weighted by molar-refractivity contribution is -0.148. The fraction of sp³-hybridized carbons (Fsp3) is 0.545. The van der Waals surface area contributed by atoms with E-state index in [4.69, 9.17) is 4.42 Å². The summed E-state index contributed by atoms with van der Waals surface area (Å²) in [6.07, 6.45) is -1.45. The van der Waals surface area contributed by atoms with E-state index in [1.165, 1.54) is 22.3 Å². The molecule has 0 aromatic carbocycles. The number of hydrogen-bond acceptors (Lipinski definition) is 3. The summed E-state index contributed by atoms with van der Waals surface area (Å²) in [5, 5.41) is 0. The summed E-state index contributed by atoms with van der Waals surface area (Å²) in [4.78, 5) is 14.7. The van der Waals surface area contributed by atoms with Gasteiger partial charge < -0.3 is 9.32 Å². The fourth-order valence-electron chi connectivity index (χ4n) is 1.93. The number of halogens is 3. The van der Waals surface area contributed by atoms with Gasteiger partial charge in [-0.25, -0.2) is 0 Å². The zero-order valence-electron chi connectivity index (χ0n) is 9.61. The standard InChI is InChI=1S/C11H13F3N2O2/c12-11(13,14)8-15-2-4-16(5-3-15)10(17)9-1-6-18-7-9/h1,6-7H,2-5,8H2. The lowest BCUT2D eigenvalue weighted by Gasteiger charge is -2.34. The summed E-state index contributed by atoms with van der Waals surface area (Å²) in [7, 11) is 0.